The molecule has 1 unspecified atom stereocenters. The van der Waals surface area contributed by atoms with E-state index < -0.39 is 0 Å². The molecule has 25 heavy (non-hydrogen) atoms. The van der Waals surface area contributed by atoms with Crippen LogP contribution in [0.3, 0.4) is 0 Å². The van der Waals surface area contributed by atoms with Gasteiger partial charge in [-0.25, -0.2) is 4.39 Å². The van der Waals surface area contributed by atoms with Gasteiger partial charge in [-0.05, 0) is 49.0 Å². The summed E-state index contributed by atoms with van der Waals surface area (Å²) in [5.41, 5.74) is 2.99. The molecule has 1 atom stereocenters. The molecule has 0 aliphatic carbocycles. The second-order valence-electron chi connectivity index (χ2n) is 6.56. The van der Waals surface area contributed by atoms with Crippen LogP contribution in [0, 0.1) is 5.82 Å². The molecule has 3 rings (SSSR count). The smallest absolute Gasteiger partial charge is 0.224 e. The van der Waals surface area contributed by atoms with Gasteiger partial charge in [-0.1, -0.05) is 24.3 Å². The van der Waals surface area contributed by atoms with Crippen molar-refractivity contribution in [1.29, 1.82) is 0 Å². The van der Waals surface area contributed by atoms with Gasteiger partial charge in [0.05, 0.1) is 19.1 Å². The van der Waals surface area contributed by atoms with E-state index in [1.54, 1.807) is 6.07 Å². The van der Waals surface area contributed by atoms with Crippen LogP contribution in [-0.4, -0.2) is 38.1 Å². The number of nitrogens with one attached hydrogen (secondary N) is 1. The summed E-state index contributed by atoms with van der Waals surface area (Å²) in [6.45, 7) is 1.15. The number of carbonyl (C=O) groups excluding carboxylic acids is 1. The first-order valence-electron chi connectivity index (χ1n) is 8.46. The zero-order chi connectivity index (χ0) is 17.8. The van der Waals surface area contributed by atoms with E-state index in [9.17, 15) is 9.18 Å². The fraction of sp³-hybridized carbons (Fsp3) is 0.350. The van der Waals surface area contributed by atoms with Gasteiger partial charge in [-0.2, -0.15) is 0 Å². The van der Waals surface area contributed by atoms with E-state index in [4.69, 9.17) is 4.74 Å². The van der Waals surface area contributed by atoms with Gasteiger partial charge in [0, 0.05) is 13.0 Å². The van der Waals surface area contributed by atoms with Crippen molar-refractivity contribution in [2.45, 2.75) is 18.9 Å². The maximum Gasteiger partial charge on any atom is 0.224 e. The van der Waals surface area contributed by atoms with Gasteiger partial charge in [0.25, 0.3) is 0 Å². The van der Waals surface area contributed by atoms with Gasteiger partial charge in [-0.15, -0.1) is 0 Å². The highest BCUT2D eigenvalue weighted by atomic mass is 19.1. The van der Waals surface area contributed by atoms with Crippen LogP contribution in [0.1, 0.15) is 22.7 Å². The van der Waals surface area contributed by atoms with Crippen LogP contribution in [-0.2, 0) is 17.6 Å². The molecule has 2 aromatic carbocycles. The van der Waals surface area contributed by atoms with E-state index >= 15 is 0 Å². The molecule has 0 fully saturated rings. The Hall–Kier alpha value is -2.40. The molecule has 0 saturated heterocycles. The van der Waals surface area contributed by atoms with E-state index in [1.807, 2.05) is 43.3 Å². The van der Waals surface area contributed by atoms with Crippen LogP contribution < -0.4 is 10.1 Å². The van der Waals surface area contributed by atoms with E-state index in [0.29, 0.717) is 19.6 Å². The summed E-state index contributed by atoms with van der Waals surface area (Å²) >= 11 is 0. The zero-order valence-electron chi connectivity index (χ0n) is 14.6. The molecule has 5 heteroatoms. The average molecular weight is 342 g/mol. The molecule has 0 aromatic heterocycles. The molecule has 0 spiro atoms. The topological polar surface area (TPSA) is 41.6 Å². The van der Waals surface area contributed by atoms with Crippen LogP contribution in [0.25, 0.3) is 0 Å². The van der Waals surface area contributed by atoms with Gasteiger partial charge >= 0.3 is 0 Å². The fourth-order valence-corrected chi connectivity index (χ4v) is 3.12. The number of hydrogen-bond acceptors (Lipinski definition) is 3. The highest BCUT2D eigenvalue weighted by molar-refractivity contribution is 5.78. The van der Waals surface area contributed by atoms with E-state index in [-0.39, 0.29) is 17.8 Å². The van der Waals surface area contributed by atoms with Crippen LogP contribution in [0.15, 0.2) is 42.5 Å². The first-order valence-corrected chi connectivity index (χ1v) is 8.46. The van der Waals surface area contributed by atoms with Gasteiger partial charge in [0.15, 0.2) is 0 Å². The van der Waals surface area contributed by atoms with Crippen LogP contribution in [0.4, 0.5) is 4.39 Å². The average Bonchev–Trinajstić information content (AvgIpc) is 3.02. The third-order valence-corrected chi connectivity index (χ3v) is 4.47. The molecule has 1 heterocycles. The largest absolute Gasteiger partial charge is 0.493 e. The van der Waals surface area contributed by atoms with Crippen LogP contribution in [0.2, 0.25) is 0 Å². The van der Waals surface area contributed by atoms with Crippen molar-refractivity contribution >= 4 is 5.91 Å². The number of fused-ring (bicyclic) bond motifs is 1. The quantitative estimate of drug-likeness (QED) is 0.878. The predicted octanol–water partition coefficient (Wildman–Crippen LogP) is 2.72. The Kier molecular flexibility index (Phi) is 5.34. The molecular formula is C20H23FN2O2. The minimum atomic E-state index is -0.268. The van der Waals surface area contributed by atoms with Gasteiger partial charge < -0.3 is 15.0 Å². The summed E-state index contributed by atoms with van der Waals surface area (Å²) in [5, 5.41) is 2.96. The van der Waals surface area contributed by atoms with Gasteiger partial charge in [-0.3, -0.25) is 4.79 Å². The molecule has 0 bridgehead atoms. The first-order chi connectivity index (χ1) is 12.0. The number of amides is 1. The lowest BCUT2D eigenvalue weighted by molar-refractivity contribution is -0.120. The molecule has 1 amide bonds. The number of nitrogens with zero attached hydrogens (tertiary/aromatic N) is 1. The fourth-order valence-electron chi connectivity index (χ4n) is 3.12. The maximum absolute atomic E-state index is 13.5. The lowest BCUT2D eigenvalue weighted by Crippen LogP contribution is -2.35. The predicted molar refractivity (Wildman–Crippen MR) is 95.2 cm³/mol. The zero-order valence-corrected chi connectivity index (χ0v) is 14.6. The Labute approximate surface area is 147 Å². The van der Waals surface area contributed by atoms with Crippen molar-refractivity contribution in [2.24, 2.45) is 0 Å². The SMILES string of the molecule is CN(C)C(CNC(=O)Cc1ccc2c(c1)CCO2)c1cccc(F)c1. The molecule has 1 N–H and O–H groups in total. The Morgan fingerprint density at radius 1 is 1.28 bits per heavy atom. The number of carbonyl (C=O) groups is 1. The third-order valence-electron chi connectivity index (χ3n) is 4.47. The van der Waals surface area contributed by atoms with Crippen molar-refractivity contribution in [3.8, 4) is 5.75 Å². The molecule has 2 aromatic rings. The highest BCUT2D eigenvalue weighted by Crippen LogP contribution is 2.26. The Balaban J connectivity index is 1.60. The maximum atomic E-state index is 13.5. The van der Waals surface area contributed by atoms with Gasteiger partial charge in [0.1, 0.15) is 11.6 Å². The minimum Gasteiger partial charge on any atom is -0.493 e. The molecule has 0 saturated carbocycles. The summed E-state index contributed by atoms with van der Waals surface area (Å²) < 4.78 is 19.0. The van der Waals surface area contributed by atoms with E-state index in [1.165, 1.54) is 12.1 Å². The molecule has 1 aliphatic rings. The molecular weight excluding hydrogens is 319 g/mol. The normalized spacial score (nSPS) is 14.1. The summed E-state index contributed by atoms with van der Waals surface area (Å²) in [7, 11) is 3.84. The second kappa shape index (κ2) is 7.66. The van der Waals surface area contributed by atoms with E-state index in [0.717, 1.165) is 28.9 Å². The number of likely N-dealkylation sites (N-methyl/N-ethyl adjacent to an activating group) is 1. The molecule has 132 valence electrons. The monoisotopic (exact) mass is 342 g/mol. The first kappa shape index (κ1) is 17.4. The Bertz CT molecular complexity index is 761. The summed E-state index contributed by atoms with van der Waals surface area (Å²) in [4.78, 5) is 14.3. The lowest BCUT2D eigenvalue weighted by atomic mass is 10.0. The van der Waals surface area contributed by atoms with Crippen molar-refractivity contribution in [3.05, 3.63) is 65.0 Å². The van der Waals surface area contributed by atoms with Crippen molar-refractivity contribution in [3.63, 3.8) is 0 Å². The summed E-state index contributed by atoms with van der Waals surface area (Å²) in [6.07, 6.45) is 1.23. The van der Waals surface area contributed by atoms with Crippen molar-refractivity contribution in [2.75, 3.05) is 27.2 Å². The second-order valence-corrected chi connectivity index (χ2v) is 6.56. The number of hydrogen-bond donors (Lipinski definition) is 1. The highest BCUT2D eigenvalue weighted by Gasteiger charge is 2.17. The number of benzene rings is 2. The van der Waals surface area contributed by atoms with Gasteiger partial charge in [0.2, 0.25) is 5.91 Å². The van der Waals surface area contributed by atoms with Crippen LogP contribution in [0.5, 0.6) is 5.75 Å². The van der Waals surface area contributed by atoms with Crippen LogP contribution >= 0.6 is 0 Å². The number of halogens is 1. The summed E-state index contributed by atoms with van der Waals surface area (Å²) in [6, 6.07) is 12.3. The Morgan fingerprint density at radius 2 is 2.12 bits per heavy atom. The standard InChI is InChI=1S/C20H23FN2O2/c1-23(2)18(15-4-3-5-17(21)12-15)13-22-20(24)11-14-6-7-19-16(10-14)8-9-25-19/h3-7,10,12,18H,8-9,11,13H2,1-2H3,(H,22,24). The van der Waals surface area contributed by atoms with Crippen molar-refractivity contribution < 1.29 is 13.9 Å². The molecule has 0 radical (unpaired) electrons. The minimum absolute atomic E-state index is 0.0397. The summed E-state index contributed by atoms with van der Waals surface area (Å²) in [5.74, 6) is 0.612. The molecule has 4 nitrogen and oxygen atoms in total. The molecule has 1 aliphatic heterocycles. The third kappa shape index (κ3) is 4.37. The number of rotatable bonds is 6. The van der Waals surface area contributed by atoms with E-state index in [2.05, 4.69) is 5.32 Å². The lowest BCUT2D eigenvalue weighted by Gasteiger charge is -2.25. The number of ether oxygens (including phenoxy) is 1. The Morgan fingerprint density at radius 3 is 2.88 bits per heavy atom. The van der Waals surface area contributed by atoms with Crippen molar-refractivity contribution in [1.82, 2.24) is 10.2 Å².